The van der Waals surface area contributed by atoms with E-state index in [0.29, 0.717) is 0 Å². The number of nitrogens with one attached hydrogen (secondary N) is 1. The topological polar surface area (TPSA) is 105 Å². The number of hydrogen-bond donors (Lipinski definition) is 1. The van der Waals surface area contributed by atoms with E-state index >= 15 is 0 Å². The average Bonchev–Trinajstić information content (AvgIpc) is 2.44. The lowest BCUT2D eigenvalue weighted by molar-refractivity contribution is -0.305. The van der Waals surface area contributed by atoms with Crippen LogP contribution in [0.25, 0.3) is 10.9 Å². The van der Waals surface area contributed by atoms with Crippen LogP contribution in [0.5, 0.6) is 0 Å². The quantitative estimate of drug-likeness (QED) is 0.840. The predicted octanol–water partition coefficient (Wildman–Crippen LogP) is 0.169. The van der Waals surface area contributed by atoms with Crippen LogP contribution >= 0.6 is 0 Å². The molecule has 0 amide bonds. The minimum atomic E-state index is -4.67. The Bertz CT molecular complexity index is 774. The number of aromatic nitrogens is 1. The first-order valence-corrected chi connectivity index (χ1v) is 6.36. The number of carboxylic acids is 2. The van der Waals surface area contributed by atoms with Gasteiger partial charge in [0.1, 0.15) is 0 Å². The van der Waals surface area contributed by atoms with Crippen molar-refractivity contribution >= 4 is 28.5 Å². The fraction of sp³-hybridized carbons (Fsp3) is 0.214. The van der Waals surface area contributed by atoms with E-state index in [0.717, 1.165) is 18.3 Å². The monoisotopic (exact) mass is 326 g/mol. The van der Waals surface area contributed by atoms with Crippen molar-refractivity contribution in [3.05, 3.63) is 35.5 Å². The molecule has 0 spiro atoms. The number of alkyl halides is 3. The van der Waals surface area contributed by atoms with Gasteiger partial charge in [0.25, 0.3) is 0 Å². The minimum Gasteiger partial charge on any atom is -0.550 e. The number of anilines is 1. The molecule has 122 valence electrons. The summed E-state index contributed by atoms with van der Waals surface area (Å²) in [7, 11) is 0. The number of aliphatic carboxylic acids is 1. The van der Waals surface area contributed by atoms with Crippen molar-refractivity contribution in [2.75, 3.05) is 11.9 Å². The Labute approximate surface area is 127 Å². The number of rotatable bonds is 5. The number of carboxylic acid groups (broad SMARTS) is 2. The van der Waals surface area contributed by atoms with Gasteiger partial charge in [-0.05, 0) is 6.07 Å². The van der Waals surface area contributed by atoms with Crippen molar-refractivity contribution in [1.29, 1.82) is 0 Å². The zero-order valence-electron chi connectivity index (χ0n) is 11.4. The molecule has 2 aromatic rings. The van der Waals surface area contributed by atoms with Crippen molar-refractivity contribution in [2.24, 2.45) is 0 Å². The van der Waals surface area contributed by atoms with Crippen LogP contribution < -0.4 is 15.5 Å². The summed E-state index contributed by atoms with van der Waals surface area (Å²) in [6.45, 7) is -0.224. The average molecular weight is 326 g/mol. The number of aromatic carboxylic acids is 1. The van der Waals surface area contributed by atoms with E-state index in [1.807, 2.05) is 0 Å². The number of pyridine rings is 1. The molecule has 6 nitrogen and oxygen atoms in total. The second kappa shape index (κ2) is 6.11. The SMILES string of the molecule is O=C([O-])CCNc1c(C(=O)[O-])cnc2c(C(F)(F)F)cccc12. The van der Waals surface area contributed by atoms with E-state index in [2.05, 4.69) is 10.3 Å². The third-order valence-corrected chi connectivity index (χ3v) is 3.05. The van der Waals surface area contributed by atoms with E-state index in [4.69, 9.17) is 0 Å². The number of carbonyl (C=O) groups is 2. The van der Waals surface area contributed by atoms with Gasteiger partial charge in [-0.2, -0.15) is 13.2 Å². The molecule has 1 N–H and O–H groups in total. The predicted molar refractivity (Wildman–Crippen MR) is 69.2 cm³/mol. The zero-order valence-corrected chi connectivity index (χ0v) is 11.4. The molecule has 0 radical (unpaired) electrons. The Morgan fingerprint density at radius 2 is 1.91 bits per heavy atom. The Balaban J connectivity index is 2.62. The van der Waals surface area contributed by atoms with Gasteiger partial charge in [-0.15, -0.1) is 0 Å². The smallest absolute Gasteiger partial charge is 0.418 e. The Kier molecular flexibility index (Phi) is 4.39. The lowest BCUT2D eigenvalue weighted by Gasteiger charge is -2.17. The first-order chi connectivity index (χ1) is 10.7. The molecule has 1 aromatic carbocycles. The van der Waals surface area contributed by atoms with Gasteiger partial charge in [-0.3, -0.25) is 4.98 Å². The van der Waals surface area contributed by atoms with E-state index in [9.17, 15) is 33.0 Å². The summed E-state index contributed by atoms with van der Waals surface area (Å²) in [5, 5.41) is 23.9. The molecule has 1 aromatic heterocycles. The molecule has 0 unspecified atom stereocenters. The first-order valence-electron chi connectivity index (χ1n) is 6.36. The van der Waals surface area contributed by atoms with Crippen molar-refractivity contribution in [2.45, 2.75) is 12.6 Å². The Hall–Kier alpha value is -2.84. The molecule has 23 heavy (non-hydrogen) atoms. The molecule has 0 atom stereocenters. The molecule has 0 fully saturated rings. The van der Waals surface area contributed by atoms with Crippen molar-refractivity contribution in [1.82, 2.24) is 4.98 Å². The van der Waals surface area contributed by atoms with Gasteiger partial charge in [0.05, 0.1) is 22.7 Å². The van der Waals surface area contributed by atoms with Crippen molar-refractivity contribution in [3.8, 4) is 0 Å². The normalized spacial score (nSPS) is 11.4. The maximum Gasteiger partial charge on any atom is 0.418 e. The molecule has 9 heteroatoms. The molecular weight excluding hydrogens is 317 g/mol. The van der Waals surface area contributed by atoms with E-state index < -0.39 is 41.2 Å². The number of carbonyl (C=O) groups excluding carboxylic acids is 2. The third-order valence-electron chi connectivity index (χ3n) is 3.05. The van der Waals surface area contributed by atoms with Gasteiger partial charge in [0, 0.05) is 36.1 Å². The lowest BCUT2D eigenvalue weighted by Crippen LogP contribution is -2.27. The van der Waals surface area contributed by atoms with E-state index in [-0.39, 0.29) is 17.6 Å². The van der Waals surface area contributed by atoms with Gasteiger partial charge in [-0.1, -0.05) is 12.1 Å². The fourth-order valence-electron chi connectivity index (χ4n) is 2.09. The van der Waals surface area contributed by atoms with Crippen molar-refractivity contribution < 1.29 is 33.0 Å². The third kappa shape index (κ3) is 3.50. The summed E-state index contributed by atoms with van der Waals surface area (Å²) >= 11 is 0. The molecule has 2 rings (SSSR count). The molecule has 0 aliphatic heterocycles. The van der Waals surface area contributed by atoms with Crippen LogP contribution in [-0.4, -0.2) is 23.5 Å². The molecular formula is C14H9F3N2O4-2. The molecule has 0 bridgehead atoms. The number of fused-ring (bicyclic) bond motifs is 1. The van der Waals surface area contributed by atoms with Crippen LogP contribution in [0.1, 0.15) is 22.3 Å². The number of nitrogens with zero attached hydrogens (tertiary/aromatic N) is 1. The largest absolute Gasteiger partial charge is 0.550 e. The summed E-state index contributed by atoms with van der Waals surface area (Å²) in [6.07, 6.45) is -4.37. The second-order valence-corrected chi connectivity index (χ2v) is 4.58. The van der Waals surface area contributed by atoms with Crippen LogP contribution in [0.2, 0.25) is 0 Å². The minimum absolute atomic E-state index is 0.0973. The Morgan fingerprint density at radius 1 is 1.22 bits per heavy atom. The lowest BCUT2D eigenvalue weighted by atomic mass is 10.0. The molecule has 0 saturated heterocycles. The highest BCUT2D eigenvalue weighted by atomic mass is 19.4. The Morgan fingerprint density at radius 3 is 2.48 bits per heavy atom. The highest BCUT2D eigenvalue weighted by molar-refractivity contribution is 6.04. The zero-order chi connectivity index (χ0) is 17.2. The standard InChI is InChI=1S/C14H11F3N2O4/c15-14(16,17)9-3-1-2-7-11(18-5-4-10(20)21)8(13(22)23)6-19-12(7)9/h1-3,6H,4-5H2,(H,18,19)(H,20,21)(H,22,23)/p-2. The van der Waals surface area contributed by atoms with Crippen molar-refractivity contribution in [3.63, 3.8) is 0 Å². The van der Waals surface area contributed by atoms with Crippen LogP contribution in [0.4, 0.5) is 18.9 Å². The maximum atomic E-state index is 13.0. The molecule has 0 saturated carbocycles. The maximum absolute atomic E-state index is 13.0. The molecule has 0 aliphatic carbocycles. The number of benzene rings is 1. The van der Waals surface area contributed by atoms with E-state index in [1.54, 1.807) is 0 Å². The number of halogens is 3. The van der Waals surface area contributed by atoms with E-state index in [1.165, 1.54) is 6.07 Å². The first kappa shape index (κ1) is 16.5. The summed E-state index contributed by atoms with van der Waals surface area (Å²) in [5.74, 6) is -3.03. The summed E-state index contributed by atoms with van der Waals surface area (Å²) in [5.41, 5.74) is -2.11. The highest BCUT2D eigenvalue weighted by Crippen LogP contribution is 2.36. The van der Waals surface area contributed by atoms with Gasteiger partial charge >= 0.3 is 6.18 Å². The van der Waals surface area contributed by atoms with Gasteiger partial charge < -0.3 is 25.1 Å². The highest BCUT2D eigenvalue weighted by Gasteiger charge is 2.33. The van der Waals surface area contributed by atoms with Gasteiger partial charge in [-0.25, -0.2) is 0 Å². The van der Waals surface area contributed by atoms with Crippen LogP contribution in [-0.2, 0) is 11.0 Å². The fourth-order valence-corrected chi connectivity index (χ4v) is 2.09. The summed E-state index contributed by atoms with van der Waals surface area (Å²) in [6, 6.07) is 3.18. The summed E-state index contributed by atoms with van der Waals surface area (Å²) < 4.78 is 39.0. The second-order valence-electron chi connectivity index (χ2n) is 4.58. The van der Waals surface area contributed by atoms with Gasteiger partial charge in [0.2, 0.25) is 0 Å². The van der Waals surface area contributed by atoms with Gasteiger partial charge in [0.15, 0.2) is 0 Å². The van der Waals surface area contributed by atoms with Crippen LogP contribution in [0.15, 0.2) is 24.4 Å². The van der Waals surface area contributed by atoms with Crippen LogP contribution in [0.3, 0.4) is 0 Å². The van der Waals surface area contributed by atoms with Crippen LogP contribution in [0, 0.1) is 0 Å². The number of para-hydroxylation sites is 1. The summed E-state index contributed by atoms with van der Waals surface area (Å²) in [4.78, 5) is 25.1. The molecule has 0 aliphatic rings. The molecule has 1 heterocycles. The number of hydrogen-bond acceptors (Lipinski definition) is 6.